The molecule has 1 saturated heterocycles. The van der Waals surface area contributed by atoms with Crippen LogP contribution >= 0.6 is 0 Å². The molecule has 0 radical (unpaired) electrons. The van der Waals surface area contributed by atoms with E-state index < -0.39 is 5.41 Å². The lowest BCUT2D eigenvalue weighted by Gasteiger charge is -2.49. The zero-order valence-corrected chi connectivity index (χ0v) is 15.6. The molecule has 8 atom stereocenters. The summed E-state index contributed by atoms with van der Waals surface area (Å²) in [5.74, 6) is 1.84. The maximum absolute atomic E-state index is 13.5. The molecule has 3 aliphatic carbocycles. The Labute approximate surface area is 146 Å². The summed E-state index contributed by atoms with van der Waals surface area (Å²) >= 11 is 0. The molecule has 24 heavy (non-hydrogen) atoms. The van der Waals surface area contributed by atoms with Crippen LogP contribution < -0.4 is 0 Å². The van der Waals surface area contributed by atoms with E-state index in [1.54, 1.807) is 0 Å². The van der Waals surface area contributed by atoms with E-state index in [1.807, 2.05) is 13.2 Å². The Morgan fingerprint density at radius 3 is 2.54 bits per heavy atom. The first-order valence-corrected chi connectivity index (χ1v) is 9.69. The molecule has 4 fully saturated rings. The van der Waals surface area contributed by atoms with Crippen molar-refractivity contribution in [3.63, 3.8) is 0 Å². The SMILES string of the molecule is C=C[C@]1(C)C[C@@H]2[C@H](C)CC[C@]3(CCC(OC)C3[C@]23CO3)[C@@H](C)C1=O. The van der Waals surface area contributed by atoms with E-state index in [0.717, 1.165) is 32.3 Å². The number of hydrogen-bond acceptors (Lipinski definition) is 3. The van der Waals surface area contributed by atoms with Gasteiger partial charge in [-0.15, -0.1) is 6.58 Å². The van der Waals surface area contributed by atoms with Crippen molar-refractivity contribution in [2.45, 2.75) is 64.6 Å². The molecule has 4 rings (SSSR count). The number of Topliss-reactive ketones (excluding diaryl/α,β-unsaturated/α-hetero) is 1. The highest BCUT2D eigenvalue weighted by Gasteiger charge is 2.72. The molecule has 1 spiro atoms. The molecule has 1 heterocycles. The molecular weight excluding hydrogens is 300 g/mol. The van der Waals surface area contributed by atoms with Gasteiger partial charge in [0, 0.05) is 24.4 Å². The molecule has 3 saturated carbocycles. The molecule has 0 N–H and O–H groups in total. The fourth-order valence-electron chi connectivity index (χ4n) is 6.90. The van der Waals surface area contributed by atoms with E-state index in [4.69, 9.17) is 9.47 Å². The highest BCUT2D eigenvalue weighted by atomic mass is 16.6. The summed E-state index contributed by atoms with van der Waals surface area (Å²) in [6.45, 7) is 11.6. The maximum atomic E-state index is 13.5. The molecule has 0 amide bonds. The smallest absolute Gasteiger partial charge is 0.145 e. The van der Waals surface area contributed by atoms with Gasteiger partial charge in [0.25, 0.3) is 0 Å². The normalized spacial score (nSPS) is 56.5. The predicted molar refractivity (Wildman–Crippen MR) is 93.6 cm³/mol. The lowest BCUT2D eigenvalue weighted by molar-refractivity contribution is -0.142. The van der Waals surface area contributed by atoms with Crippen molar-refractivity contribution < 1.29 is 14.3 Å². The van der Waals surface area contributed by atoms with Gasteiger partial charge in [-0.1, -0.05) is 19.9 Å². The minimum absolute atomic E-state index is 0.0436. The minimum atomic E-state index is -0.426. The maximum Gasteiger partial charge on any atom is 0.145 e. The zero-order chi connectivity index (χ0) is 17.3. The van der Waals surface area contributed by atoms with E-state index in [2.05, 4.69) is 27.4 Å². The molecule has 3 nitrogen and oxygen atoms in total. The standard InChI is InChI=1S/C21H32O3/c1-6-19(4)11-15-13(2)7-9-20(14(3)18(19)22)10-8-16(23-5)17(20)21(15)12-24-21/h6,13-17H,1,7-12H2,2-5H3/t13-,14+,15-,16?,17?,19-,20+,21+/m1/s1. The Kier molecular flexibility index (Phi) is 3.61. The molecule has 1 aliphatic heterocycles. The number of methoxy groups -OCH3 is 1. The number of epoxide rings is 1. The van der Waals surface area contributed by atoms with Crippen molar-refractivity contribution in [3.8, 4) is 0 Å². The summed E-state index contributed by atoms with van der Waals surface area (Å²) in [6.07, 6.45) is 7.54. The van der Waals surface area contributed by atoms with Gasteiger partial charge in [-0.05, 0) is 56.3 Å². The van der Waals surface area contributed by atoms with Crippen LogP contribution in [0.15, 0.2) is 12.7 Å². The molecule has 4 aliphatic rings. The van der Waals surface area contributed by atoms with Crippen molar-refractivity contribution in [2.24, 2.45) is 34.5 Å². The molecule has 0 aromatic rings. The molecular formula is C21H32O3. The van der Waals surface area contributed by atoms with Crippen molar-refractivity contribution in [3.05, 3.63) is 12.7 Å². The Morgan fingerprint density at radius 2 is 1.96 bits per heavy atom. The molecule has 0 aromatic heterocycles. The van der Waals surface area contributed by atoms with Crippen LogP contribution in [0.5, 0.6) is 0 Å². The number of ether oxygens (including phenoxy) is 2. The first kappa shape index (κ1) is 16.8. The third-order valence-corrected chi connectivity index (χ3v) is 8.49. The Hall–Kier alpha value is -0.670. The second kappa shape index (κ2) is 5.17. The summed E-state index contributed by atoms with van der Waals surface area (Å²) in [7, 11) is 1.84. The van der Waals surface area contributed by atoms with Gasteiger partial charge in [0.1, 0.15) is 11.4 Å². The Bertz CT molecular complexity index is 565. The summed E-state index contributed by atoms with van der Waals surface area (Å²) in [4.78, 5) is 13.5. The molecule has 0 aromatic carbocycles. The van der Waals surface area contributed by atoms with Crippen molar-refractivity contribution in [2.75, 3.05) is 13.7 Å². The van der Waals surface area contributed by atoms with Crippen molar-refractivity contribution >= 4 is 5.78 Å². The second-order valence-corrected chi connectivity index (χ2v) is 9.30. The van der Waals surface area contributed by atoms with E-state index >= 15 is 0 Å². The van der Waals surface area contributed by atoms with Crippen LogP contribution in [0.1, 0.15) is 52.9 Å². The number of hydrogen-bond donors (Lipinski definition) is 0. The second-order valence-electron chi connectivity index (χ2n) is 9.30. The fourth-order valence-corrected chi connectivity index (χ4v) is 6.90. The van der Waals surface area contributed by atoms with Crippen LogP contribution in [0, 0.1) is 34.5 Å². The van der Waals surface area contributed by atoms with Gasteiger partial charge in [-0.2, -0.15) is 0 Å². The number of carbonyl (C=O) groups excluding carboxylic acids is 1. The predicted octanol–water partition coefficient (Wildman–Crippen LogP) is 4.01. The third-order valence-electron chi connectivity index (χ3n) is 8.49. The Morgan fingerprint density at radius 1 is 1.29 bits per heavy atom. The third kappa shape index (κ3) is 1.89. The number of carbonyl (C=O) groups is 1. The molecule has 3 heteroatoms. The number of ketones is 1. The first-order valence-electron chi connectivity index (χ1n) is 9.69. The van der Waals surface area contributed by atoms with Crippen LogP contribution in [0.4, 0.5) is 0 Å². The fraction of sp³-hybridized carbons (Fsp3) is 0.857. The van der Waals surface area contributed by atoms with E-state index in [-0.39, 0.29) is 23.0 Å². The van der Waals surface area contributed by atoms with Gasteiger partial charge in [-0.3, -0.25) is 4.79 Å². The van der Waals surface area contributed by atoms with Crippen LogP contribution in [0.2, 0.25) is 0 Å². The average Bonchev–Trinajstić information content (AvgIpc) is 3.30. The van der Waals surface area contributed by atoms with E-state index in [9.17, 15) is 4.79 Å². The van der Waals surface area contributed by atoms with Crippen molar-refractivity contribution in [1.82, 2.24) is 0 Å². The molecule has 134 valence electrons. The summed E-state index contributed by atoms with van der Waals surface area (Å²) < 4.78 is 12.2. The van der Waals surface area contributed by atoms with E-state index in [0.29, 0.717) is 23.5 Å². The van der Waals surface area contributed by atoms with E-state index in [1.165, 1.54) is 6.42 Å². The average molecular weight is 332 g/mol. The van der Waals surface area contributed by atoms with Gasteiger partial charge < -0.3 is 9.47 Å². The quantitative estimate of drug-likeness (QED) is 0.566. The molecule has 2 bridgehead atoms. The van der Waals surface area contributed by atoms with Gasteiger partial charge in [0.15, 0.2) is 0 Å². The Balaban J connectivity index is 1.92. The molecule has 2 unspecified atom stereocenters. The number of allylic oxidation sites excluding steroid dienone is 1. The summed E-state index contributed by atoms with van der Waals surface area (Å²) in [5, 5.41) is 0. The van der Waals surface area contributed by atoms with Crippen molar-refractivity contribution in [1.29, 1.82) is 0 Å². The van der Waals surface area contributed by atoms with Crippen LogP contribution in [0.25, 0.3) is 0 Å². The van der Waals surface area contributed by atoms with Gasteiger partial charge in [-0.25, -0.2) is 0 Å². The van der Waals surface area contributed by atoms with Crippen LogP contribution in [-0.4, -0.2) is 31.2 Å². The number of rotatable bonds is 2. The monoisotopic (exact) mass is 332 g/mol. The van der Waals surface area contributed by atoms with Crippen LogP contribution in [-0.2, 0) is 14.3 Å². The van der Waals surface area contributed by atoms with Gasteiger partial charge in [0.05, 0.1) is 12.7 Å². The lowest BCUT2D eigenvalue weighted by Crippen LogP contribution is -2.54. The first-order chi connectivity index (χ1) is 11.3. The largest absolute Gasteiger partial charge is 0.381 e. The topological polar surface area (TPSA) is 38.8 Å². The zero-order valence-electron chi connectivity index (χ0n) is 15.6. The lowest BCUT2D eigenvalue weighted by atomic mass is 9.54. The summed E-state index contributed by atoms with van der Waals surface area (Å²) in [6, 6.07) is 0. The minimum Gasteiger partial charge on any atom is -0.381 e. The van der Waals surface area contributed by atoms with Gasteiger partial charge in [0.2, 0.25) is 0 Å². The highest BCUT2D eigenvalue weighted by Crippen LogP contribution is 2.69. The highest BCUT2D eigenvalue weighted by molar-refractivity contribution is 5.89. The van der Waals surface area contributed by atoms with Crippen LogP contribution in [0.3, 0.4) is 0 Å². The summed E-state index contributed by atoms with van der Waals surface area (Å²) in [5.41, 5.74) is -0.445. The van der Waals surface area contributed by atoms with Gasteiger partial charge >= 0.3 is 0 Å².